The summed E-state index contributed by atoms with van der Waals surface area (Å²) in [6.45, 7) is 0. The van der Waals surface area contributed by atoms with Crippen LogP contribution < -0.4 is 5.56 Å². The molecule has 0 aliphatic heterocycles. The molecular formula is C16H10ClNO4. The number of aromatic nitrogens is 1. The summed E-state index contributed by atoms with van der Waals surface area (Å²) in [7, 11) is 1.31. The van der Waals surface area contributed by atoms with Gasteiger partial charge in [-0.1, -0.05) is 11.6 Å². The molecule has 1 aromatic heterocycles. The summed E-state index contributed by atoms with van der Waals surface area (Å²) in [6.07, 6.45) is 0. The Bertz CT molecular complexity index is 916. The Kier molecular flexibility index (Phi) is 3.65. The van der Waals surface area contributed by atoms with E-state index in [0.29, 0.717) is 27.1 Å². The van der Waals surface area contributed by atoms with E-state index in [0.717, 1.165) is 0 Å². The van der Waals surface area contributed by atoms with Gasteiger partial charge in [-0.25, -0.2) is 4.79 Å². The third kappa shape index (κ3) is 2.58. The number of methoxy groups -OCH3 is 1. The fourth-order valence-corrected chi connectivity index (χ4v) is 2.20. The lowest BCUT2D eigenvalue weighted by Crippen LogP contribution is -2.07. The van der Waals surface area contributed by atoms with Crippen LogP contribution in [0, 0.1) is 0 Å². The second-order valence-electron chi connectivity index (χ2n) is 4.53. The van der Waals surface area contributed by atoms with Crippen molar-refractivity contribution in [2.24, 2.45) is 0 Å². The third-order valence-corrected chi connectivity index (χ3v) is 3.37. The van der Waals surface area contributed by atoms with Gasteiger partial charge in [0, 0.05) is 10.6 Å². The lowest BCUT2D eigenvalue weighted by atomic mass is 10.1. The van der Waals surface area contributed by atoms with Crippen molar-refractivity contribution in [3.05, 3.63) is 63.4 Å². The summed E-state index contributed by atoms with van der Waals surface area (Å²) in [6, 6.07) is 11.2. The van der Waals surface area contributed by atoms with Gasteiger partial charge < -0.3 is 9.15 Å². The number of fused-ring (bicyclic) bond motifs is 1. The number of ether oxygens (including phenoxy) is 1. The molecule has 3 aromatic rings. The predicted octanol–water partition coefficient (Wildman–Crippen LogP) is 3.30. The molecule has 0 aliphatic carbocycles. The van der Waals surface area contributed by atoms with Crippen molar-refractivity contribution in [3.8, 4) is 11.5 Å². The first-order chi connectivity index (χ1) is 10.6. The van der Waals surface area contributed by atoms with Crippen LogP contribution in [0.5, 0.6) is 0 Å². The van der Waals surface area contributed by atoms with E-state index in [1.165, 1.54) is 13.2 Å². The molecule has 0 aliphatic rings. The fraction of sp³-hybridized carbons (Fsp3) is 0.0625. The van der Waals surface area contributed by atoms with Crippen molar-refractivity contribution >= 4 is 28.5 Å². The van der Waals surface area contributed by atoms with Gasteiger partial charge in [0.1, 0.15) is 5.58 Å². The predicted molar refractivity (Wildman–Crippen MR) is 82.1 cm³/mol. The maximum atomic E-state index is 12.0. The largest absolute Gasteiger partial charge is 0.465 e. The molecule has 0 saturated heterocycles. The minimum Gasteiger partial charge on any atom is -0.465 e. The molecule has 3 rings (SSSR count). The number of nitrogens with zero attached hydrogens (tertiary/aromatic N) is 1. The lowest BCUT2D eigenvalue weighted by molar-refractivity contribution is 0.0601. The molecule has 0 amide bonds. The summed E-state index contributed by atoms with van der Waals surface area (Å²) in [4.78, 5) is 27.4. The van der Waals surface area contributed by atoms with Gasteiger partial charge in [0.25, 0.3) is 5.56 Å². The van der Waals surface area contributed by atoms with Gasteiger partial charge in [-0.3, -0.25) is 4.79 Å². The van der Waals surface area contributed by atoms with Gasteiger partial charge in [0.15, 0.2) is 0 Å². The van der Waals surface area contributed by atoms with Crippen LogP contribution in [0.3, 0.4) is 0 Å². The van der Waals surface area contributed by atoms with Gasteiger partial charge in [0.2, 0.25) is 5.89 Å². The smallest absolute Gasteiger partial charge is 0.337 e. The van der Waals surface area contributed by atoms with Gasteiger partial charge in [0.05, 0.1) is 18.1 Å². The molecule has 0 saturated carbocycles. The zero-order valence-corrected chi connectivity index (χ0v) is 12.3. The normalized spacial score (nSPS) is 10.6. The van der Waals surface area contributed by atoms with E-state index in [1.807, 2.05) is 0 Å². The number of esters is 1. The number of carbonyl (C=O) groups is 1. The molecule has 0 unspecified atom stereocenters. The average molecular weight is 316 g/mol. The Hall–Kier alpha value is -2.66. The topological polar surface area (TPSA) is 69.4 Å². The van der Waals surface area contributed by atoms with Crippen LogP contribution >= 0.6 is 11.6 Å². The molecule has 6 heteroatoms. The standard InChI is InChI=1S/C16H10ClNO4/c1-21-16(20)10-4-2-9(3-5-10)15-18-14(19)12-8-11(17)6-7-13(12)22-15/h2-8H,1H3. The van der Waals surface area contributed by atoms with E-state index < -0.39 is 11.5 Å². The van der Waals surface area contributed by atoms with E-state index >= 15 is 0 Å². The van der Waals surface area contributed by atoms with E-state index in [2.05, 4.69) is 9.72 Å². The zero-order chi connectivity index (χ0) is 15.7. The third-order valence-electron chi connectivity index (χ3n) is 3.13. The number of hydrogen-bond acceptors (Lipinski definition) is 5. The van der Waals surface area contributed by atoms with Crippen molar-refractivity contribution in [2.75, 3.05) is 7.11 Å². The van der Waals surface area contributed by atoms with Gasteiger partial charge in [-0.05, 0) is 42.5 Å². The van der Waals surface area contributed by atoms with Crippen molar-refractivity contribution < 1.29 is 13.9 Å². The van der Waals surface area contributed by atoms with Gasteiger partial charge in [-0.2, -0.15) is 4.98 Å². The molecule has 5 nitrogen and oxygen atoms in total. The number of rotatable bonds is 2. The first-order valence-corrected chi connectivity index (χ1v) is 6.75. The first kappa shape index (κ1) is 14.3. The van der Waals surface area contributed by atoms with Crippen molar-refractivity contribution in [2.45, 2.75) is 0 Å². The minimum absolute atomic E-state index is 0.177. The maximum absolute atomic E-state index is 12.0. The monoisotopic (exact) mass is 315 g/mol. The summed E-state index contributed by atoms with van der Waals surface area (Å²) in [5, 5.41) is 0.763. The van der Waals surface area contributed by atoms with E-state index in [-0.39, 0.29) is 5.89 Å². The highest BCUT2D eigenvalue weighted by Crippen LogP contribution is 2.22. The van der Waals surface area contributed by atoms with Crippen LogP contribution in [0.15, 0.2) is 51.7 Å². The molecule has 110 valence electrons. The Balaban J connectivity index is 2.08. The van der Waals surface area contributed by atoms with Crippen LogP contribution in [0.4, 0.5) is 0 Å². The molecular weight excluding hydrogens is 306 g/mol. The summed E-state index contributed by atoms with van der Waals surface area (Å²) < 4.78 is 10.3. The molecule has 0 radical (unpaired) electrons. The number of halogens is 1. The summed E-state index contributed by atoms with van der Waals surface area (Å²) in [5.74, 6) is -0.259. The fourth-order valence-electron chi connectivity index (χ4n) is 2.03. The van der Waals surface area contributed by atoms with Crippen LogP contribution in [-0.4, -0.2) is 18.1 Å². The van der Waals surface area contributed by atoms with Crippen molar-refractivity contribution in [1.29, 1.82) is 0 Å². The molecule has 0 spiro atoms. The SMILES string of the molecule is COC(=O)c1ccc(-c2nc(=O)c3cc(Cl)ccc3o2)cc1. The van der Waals surface area contributed by atoms with Crippen LogP contribution in [-0.2, 0) is 4.74 Å². The van der Waals surface area contributed by atoms with E-state index in [1.54, 1.807) is 36.4 Å². The molecule has 22 heavy (non-hydrogen) atoms. The molecule has 1 heterocycles. The Morgan fingerprint density at radius 2 is 1.91 bits per heavy atom. The van der Waals surface area contributed by atoms with Gasteiger partial charge in [-0.15, -0.1) is 0 Å². The quantitative estimate of drug-likeness (QED) is 0.679. The first-order valence-electron chi connectivity index (χ1n) is 6.37. The highest BCUT2D eigenvalue weighted by Gasteiger charge is 2.10. The number of hydrogen-bond donors (Lipinski definition) is 0. The molecule has 0 N–H and O–H groups in total. The number of carbonyl (C=O) groups excluding carboxylic acids is 1. The summed E-state index contributed by atoms with van der Waals surface area (Å²) in [5.41, 5.74) is 0.968. The van der Waals surface area contributed by atoms with Crippen molar-refractivity contribution in [1.82, 2.24) is 4.98 Å². The highest BCUT2D eigenvalue weighted by molar-refractivity contribution is 6.31. The second-order valence-corrected chi connectivity index (χ2v) is 4.97. The molecule has 0 atom stereocenters. The average Bonchev–Trinajstić information content (AvgIpc) is 2.55. The van der Waals surface area contributed by atoms with Crippen LogP contribution in [0.25, 0.3) is 22.4 Å². The Morgan fingerprint density at radius 3 is 2.59 bits per heavy atom. The zero-order valence-electron chi connectivity index (χ0n) is 11.5. The molecule has 0 fully saturated rings. The molecule has 2 aromatic carbocycles. The molecule has 0 bridgehead atoms. The van der Waals surface area contributed by atoms with E-state index in [9.17, 15) is 9.59 Å². The van der Waals surface area contributed by atoms with Crippen molar-refractivity contribution in [3.63, 3.8) is 0 Å². The van der Waals surface area contributed by atoms with E-state index in [4.69, 9.17) is 16.0 Å². The maximum Gasteiger partial charge on any atom is 0.337 e. The minimum atomic E-state index is -0.436. The van der Waals surface area contributed by atoms with Crippen LogP contribution in [0.2, 0.25) is 5.02 Å². The highest BCUT2D eigenvalue weighted by atomic mass is 35.5. The Labute approximate surface area is 130 Å². The lowest BCUT2D eigenvalue weighted by Gasteiger charge is -2.03. The van der Waals surface area contributed by atoms with Crippen LogP contribution in [0.1, 0.15) is 10.4 Å². The summed E-state index contributed by atoms with van der Waals surface area (Å²) >= 11 is 5.86. The Morgan fingerprint density at radius 1 is 1.18 bits per heavy atom. The van der Waals surface area contributed by atoms with Gasteiger partial charge >= 0.3 is 5.97 Å². The number of benzene rings is 2. The second kappa shape index (κ2) is 5.61.